The van der Waals surface area contributed by atoms with Crippen LogP contribution < -0.4 is 26.0 Å². The summed E-state index contributed by atoms with van der Waals surface area (Å²) in [5.74, 6) is 1.02. The number of rotatable bonds is 6. The maximum absolute atomic E-state index is 13.0. The molecule has 0 spiro atoms. The molecule has 40 heavy (non-hydrogen) atoms. The number of halogens is 2. The summed E-state index contributed by atoms with van der Waals surface area (Å²) in [7, 11) is 1.48. The van der Waals surface area contributed by atoms with E-state index in [0.717, 1.165) is 16.9 Å². The average molecular weight is 583 g/mol. The number of hydrogen-bond acceptors (Lipinski definition) is 6. The van der Waals surface area contributed by atoms with Crippen molar-refractivity contribution >= 4 is 52.6 Å². The minimum absolute atomic E-state index is 0.0543. The number of hydrogen-bond donors (Lipinski definition) is 4. The number of anilines is 3. The van der Waals surface area contributed by atoms with Gasteiger partial charge in [0.05, 0.1) is 22.1 Å². The van der Waals surface area contributed by atoms with Crippen molar-refractivity contribution in [1.29, 1.82) is 0 Å². The molecule has 2 heterocycles. The van der Waals surface area contributed by atoms with E-state index in [1.165, 1.54) is 25.5 Å². The van der Waals surface area contributed by atoms with Crippen molar-refractivity contribution < 1.29 is 14.3 Å². The Kier molecular flexibility index (Phi) is 8.46. The maximum Gasteiger partial charge on any atom is 0.324 e. The Morgan fingerprint density at radius 1 is 0.900 bits per heavy atom. The summed E-state index contributed by atoms with van der Waals surface area (Å²) in [6, 6.07) is 13.2. The molecule has 2 aromatic heterocycles. The van der Waals surface area contributed by atoms with E-state index in [9.17, 15) is 9.59 Å². The van der Waals surface area contributed by atoms with Crippen LogP contribution in [0.15, 0.2) is 54.9 Å². The van der Waals surface area contributed by atoms with Crippen LogP contribution in [0.1, 0.15) is 32.0 Å². The van der Waals surface area contributed by atoms with Crippen LogP contribution in [0.3, 0.4) is 0 Å². The summed E-state index contributed by atoms with van der Waals surface area (Å²) >= 11 is 12.9. The van der Waals surface area contributed by atoms with Crippen LogP contribution in [0.4, 0.5) is 26.9 Å². The molecule has 4 N–H and O–H groups in total. The van der Waals surface area contributed by atoms with Crippen molar-refractivity contribution in [2.24, 2.45) is 0 Å². The number of carbonyl (C=O) groups is 2. The summed E-state index contributed by atoms with van der Waals surface area (Å²) in [4.78, 5) is 32.5. The number of nitrogens with zero attached hydrogens (tertiary/aromatic N) is 4. The van der Waals surface area contributed by atoms with Gasteiger partial charge in [-0.25, -0.2) is 24.2 Å². The molecule has 0 aliphatic heterocycles. The van der Waals surface area contributed by atoms with Gasteiger partial charge in [-0.15, -0.1) is 0 Å². The van der Waals surface area contributed by atoms with Crippen molar-refractivity contribution in [2.45, 2.75) is 33.1 Å². The first-order valence-electron chi connectivity index (χ1n) is 12.2. The molecule has 4 rings (SSSR count). The molecule has 208 valence electrons. The van der Waals surface area contributed by atoms with Gasteiger partial charge in [-0.3, -0.25) is 10.6 Å². The Balaban J connectivity index is 1.52. The van der Waals surface area contributed by atoms with Crippen LogP contribution in [-0.4, -0.2) is 38.9 Å². The second kappa shape index (κ2) is 11.8. The first-order valence-corrected chi connectivity index (χ1v) is 12.9. The van der Waals surface area contributed by atoms with Gasteiger partial charge in [0.25, 0.3) is 0 Å². The number of carbonyl (C=O) groups excluding carboxylic acids is 2. The van der Waals surface area contributed by atoms with Crippen molar-refractivity contribution in [2.75, 3.05) is 23.0 Å². The first-order chi connectivity index (χ1) is 18.9. The van der Waals surface area contributed by atoms with E-state index < -0.39 is 12.1 Å². The molecular weight excluding hydrogens is 555 g/mol. The Hall–Kier alpha value is -4.35. The quantitative estimate of drug-likeness (QED) is 0.198. The molecular formula is C27H28Cl2N8O3. The molecule has 4 amide bonds. The Labute approximate surface area is 241 Å². The number of aromatic nitrogens is 4. The minimum Gasteiger partial charge on any atom is -0.437 e. The number of ether oxygens (including phenoxy) is 1. The zero-order valence-corrected chi connectivity index (χ0v) is 24.0. The molecule has 0 radical (unpaired) electrons. The number of benzene rings is 2. The van der Waals surface area contributed by atoms with Crippen LogP contribution in [-0.2, 0) is 5.41 Å². The highest BCUT2D eigenvalue weighted by Gasteiger charge is 2.22. The number of aryl methyl sites for hydroxylation is 1. The minimum atomic E-state index is -0.541. The fourth-order valence-electron chi connectivity index (χ4n) is 3.45. The van der Waals surface area contributed by atoms with Gasteiger partial charge in [-0.2, -0.15) is 5.10 Å². The van der Waals surface area contributed by atoms with Gasteiger partial charge in [-0.05, 0) is 31.2 Å². The lowest BCUT2D eigenvalue weighted by Gasteiger charge is -2.14. The number of nitrogens with one attached hydrogen (secondary N) is 4. The fraction of sp³-hybridized carbons (Fsp3) is 0.222. The molecule has 0 fully saturated rings. The van der Waals surface area contributed by atoms with Gasteiger partial charge in [0.1, 0.15) is 28.7 Å². The zero-order valence-electron chi connectivity index (χ0n) is 22.5. The molecule has 0 unspecified atom stereocenters. The van der Waals surface area contributed by atoms with Crippen molar-refractivity contribution in [3.8, 4) is 17.3 Å². The van der Waals surface area contributed by atoms with E-state index in [2.05, 4.69) is 31.2 Å². The van der Waals surface area contributed by atoms with Crippen molar-refractivity contribution in [3.05, 3.63) is 76.2 Å². The second-order valence-electron chi connectivity index (χ2n) is 9.78. The summed E-state index contributed by atoms with van der Waals surface area (Å²) in [5, 5.41) is 15.4. The van der Waals surface area contributed by atoms with E-state index in [0.29, 0.717) is 5.82 Å². The molecule has 0 bridgehead atoms. The lowest BCUT2D eigenvalue weighted by atomic mass is 9.92. The normalized spacial score (nSPS) is 11.1. The lowest BCUT2D eigenvalue weighted by Crippen LogP contribution is -2.24. The summed E-state index contributed by atoms with van der Waals surface area (Å²) in [5.41, 5.74) is 2.75. The van der Waals surface area contributed by atoms with Crippen LogP contribution in [0.5, 0.6) is 11.6 Å². The van der Waals surface area contributed by atoms with Gasteiger partial charge >= 0.3 is 12.1 Å². The third-order valence-corrected chi connectivity index (χ3v) is 6.48. The SMILES string of the molecule is CNC(=O)Nc1cc(Oc2ccc(NC(=O)Nc3cc(C(C)(C)C)nn3-c3ccc(C)cc3)c(Cl)c2Cl)ncn1. The molecule has 0 aliphatic carbocycles. The predicted octanol–water partition coefficient (Wildman–Crippen LogP) is 6.76. The van der Waals surface area contributed by atoms with E-state index in [4.69, 9.17) is 33.0 Å². The van der Waals surface area contributed by atoms with Gasteiger partial charge in [-0.1, -0.05) is 61.7 Å². The Morgan fingerprint density at radius 3 is 2.30 bits per heavy atom. The van der Waals surface area contributed by atoms with E-state index >= 15 is 0 Å². The molecule has 0 atom stereocenters. The van der Waals surface area contributed by atoms with Crippen LogP contribution >= 0.6 is 23.2 Å². The smallest absolute Gasteiger partial charge is 0.324 e. The Bertz CT molecular complexity index is 1550. The van der Waals surface area contributed by atoms with Gasteiger partial charge in [0.2, 0.25) is 5.88 Å². The summed E-state index contributed by atoms with van der Waals surface area (Å²) in [6.45, 7) is 8.14. The monoisotopic (exact) mass is 582 g/mol. The molecule has 4 aromatic rings. The van der Waals surface area contributed by atoms with E-state index in [1.807, 2.05) is 58.0 Å². The van der Waals surface area contributed by atoms with E-state index in [1.54, 1.807) is 10.7 Å². The fourth-order valence-corrected chi connectivity index (χ4v) is 3.86. The molecule has 0 saturated heterocycles. The first kappa shape index (κ1) is 28.7. The summed E-state index contributed by atoms with van der Waals surface area (Å²) in [6.07, 6.45) is 1.22. The number of amides is 4. The lowest BCUT2D eigenvalue weighted by molar-refractivity contribution is 0.254. The molecule has 2 aromatic carbocycles. The highest BCUT2D eigenvalue weighted by Crippen LogP contribution is 2.39. The topological polar surface area (TPSA) is 135 Å². The molecule has 11 nitrogen and oxygen atoms in total. The average Bonchev–Trinajstić information content (AvgIpc) is 3.33. The maximum atomic E-state index is 13.0. The second-order valence-corrected chi connectivity index (χ2v) is 10.5. The highest BCUT2D eigenvalue weighted by atomic mass is 35.5. The molecule has 0 aliphatic rings. The number of urea groups is 2. The highest BCUT2D eigenvalue weighted by molar-refractivity contribution is 6.45. The standard InChI is InChI=1S/C27H28Cl2N8O3/c1-15-6-8-16(9-7-15)37-21(12-19(36-37)27(2,3)4)35-26(39)33-17-10-11-18(24(29)23(17)28)40-22-13-20(31-14-32-22)34-25(38)30-5/h6-14H,1-5H3,(H2,33,35,39)(H2,30,31,32,34,38). The predicted molar refractivity (Wildman–Crippen MR) is 156 cm³/mol. The van der Waals surface area contributed by atoms with Crippen LogP contribution in [0, 0.1) is 6.92 Å². The molecule has 0 saturated carbocycles. The third-order valence-electron chi connectivity index (χ3n) is 5.62. The van der Waals surface area contributed by atoms with Crippen molar-refractivity contribution in [3.63, 3.8) is 0 Å². The van der Waals surface area contributed by atoms with Crippen molar-refractivity contribution in [1.82, 2.24) is 25.1 Å². The summed E-state index contributed by atoms with van der Waals surface area (Å²) < 4.78 is 7.41. The van der Waals surface area contributed by atoms with Gasteiger partial charge < -0.3 is 15.4 Å². The van der Waals surface area contributed by atoms with Crippen LogP contribution in [0.2, 0.25) is 10.0 Å². The zero-order chi connectivity index (χ0) is 29.0. The van der Waals surface area contributed by atoms with E-state index in [-0.39, 0.29) is 38.6 Å². The van der Waals surface area contributed by atoms with Gasteiger partial charge in [0.15, 0.2) is 0 Å². The molecule has 13 heteroatoms. The Morgan fingerprint density at radius 2 is 1.62 bits per heavy atom. The third kappa shape index (κ3) is 6.80. The van der Waals surface area contributed by atoms with Crippen LogP contribution in [0.25, 0.3) is 5.69 Å². The van der Waals surface area contributed by atoms with Gasteiger partial charge in [0, 0.05) is 24.6 Å². The largest absolute Gasteiger partial charge is 0.437 e.